The Morgan fingerprint density at radius 2 is 1.90 bits per heavy atom. The van der Waals surface area contributed by atoms with Crippen molar-refractivity contribution < 1.29 is 4.74 Å². The maximum Gasteiger partial charge on any atom is 0.119 e. The Balaban J connectivity index is 1.76. The molecule has 0 radical (unpaired) electrons. The van der Waals surface area contributed by atoms with Gasteiger partial charge in [0.15, 0.2) is 0 Å². The van der Waals surface area contributed by atoms with E-state index in [-0.39, 0.29) is 0 Å². The molecule has 0 fully saturated rings. The maximum absolute atomic E-state index is 5.36. The molecule has 0 aromatic heterocycles. The van der Waals surface area contributed by atoms with Crippen LogP contribution in [-0.4, -0.2) is 7.11 Å². The Kier molecular flexibility index (Phi) is 3.98. The van der Waals surface area contributed by atoms with Gasteiger partial charge in [0, 0.05) is 12.1 Å². The summed E-state index contributed by atoms with van der Waals surface area (Å²) < 4.78 is 5.36. The van der Waals surface area contributed by atoms with E-state index in [0.717, 1.165) is 12.2 Å². The van der Waals surface area contributed by atoms with Gasteiger partial charge in [0.1, 0.15) is 5.75 Å². The second-order valence-corrected chi connectivity index (χ2v) is 5.96. The first kappa shape index (κ1) is 14.2. The predicted octanol–water partition coefficient (Wildman–Crippen LogP) is 4.34. The molecule has 21 heavy (non-hydrogen) atoms. The summed E-state index contributed by atoms with van der Waals surface area (Å²) in [4.78, 5) is 0. The zero-order valence-corrected chi connectivity index (χ0v) is 13.0. The lowest BCUT2D eigenvalue weighted by Gasteiger charge is -2.21. The molecule has 0 spiro atoms. The molecule has 0 saturated carbocycles. The minimum atomic E-state index is 0.354. The van der Waals surface area contributed by atoms with E-state index in [4.69, 9.17) is 4.74 Å². The lowest BCUT2D eigenvalue weighted by Crippen LogP contribution is -2.23. The van der Waals surface area contributed by atoms with Crippen LogP contribution in [0.1, 0.15) is 47.7 Å². The van der Waals surface area contributed by atoms with E-state index in [1.54, 1.807) is 7.11 Å². The van der Waals surface area contributed by atoms with Crippen LogP contribution >= 0.6 is 0 Å². The summed E-state index contributed by atoms with van der Waals surface area (Å²) in [6, 6.07) is 16.0. The van der Waals surface area contributed by atoms with Crippen LogP contribution in [0.4, 0.5) is 0 Å². The van der Waals surface area contributed by atoms with Gasteiger partial charge in [0.2, 0.25) is 0 Å². The topological polar surface area (TPSA) is 21.3 Å². The van der Waals surface area contributed by atoms with Gasteiger partial charge in [0.05, 0.1) is 7.11 Å². The van der Waals surface area contributed by atoms with E-state index in [9.17, 15) is 0 Å². The van der Waals surface area contributed by atoms with Gasteiger partial charge in [-0.1, -0.05) is 35.9 Å². The lowest BCUT2D eigenvalue weighted by molar-refractivity contribution is 0.412. The summed E-state index contributed by atoms with van der Waals surface area (Å²) in [7, 11) is 1.73. The zero-order chi connectivity index (χ0) is 14.8. The van der Waals surface area contributed by atoms with Crippen molar-refractivity contribution in [2.75, 3.05) is 7.11 Å². The van der Waals surface area contributed by atoms with Crippen molar-refractivity contribution in [2.24, 2.45) is 0 Å². The highest BCUT2D eigenvalue weighted by Crippen LogP contribution is 2.35. The molecule has 1 aliphatic carbocycles. The van der Waals surface area contributed by atoms with Gasteiger partial charge < -0.3 is 10.1 Å². The molecule has 0 heterocycles. The van der Waals surface area contributed by atoms with Gasteiger partial charge in [-0.2, -0.15) is 0 Å². The van der Waals surface area contributed by atoms with Crippen molar-refractivity contribution >= 4 is 0 Å². The highest BCUT2D eigenvalue weighted by molar-refractivity contribution is 5.41. The van der Waals surface area contributed by atoms with Crippen molar-refractivity contribution in [1.82, 2.24) is 5.32 Å². The fraction of sp³-hybridized carbons (Fsp3) is 0.368. The average Bonchev–Trinajstić information content (AvgIpc) is 2.90. The maximum atomic E-state index is 5.36. The van der Waals surface area contributed by atoms with Gasteiger partial charge >= 0.3 is 0 Å². The molecular formula is C19H23NO. The van der Waals surface area contributed by atoms with Gasteiger partial charge in [-0.15, -0.1) is 0 Å². The molecule has 2 aromatic carbocycles. The van der Waals surface area contributed by atoms with Crippen LogP contribution in [0.25, 0.3) is 0 Å². The molecule has 110 valence electrons. The standard InChI is InChI=1S/C19H23NO/c1-13-4-6-15(7-5-13)14(2)20-19-11-9-16-8-10-17(21-3)12-18(16)19/h4-8,10,12,14,19-20H,9,11H2,1-3H3/t14-,19?/m0/s1. The SMILES string of the molecule is COc1ccc2c(c1)C(N[C@@H](C)c1ccc(C)cc1)CC2. The van der Waals surface area contributed by atoms with Crippen molar-refractivity contribution in [3.63, 3.8) is 0 Å². The molecule has 2 nitrogen and oxygen atoms in total. The summed E-state index contributed by atoms with van der Waals surface area (Å²) in [5.74, 6) is 0.949. The minimum absolute atomic E-state index is 0.354. The molecule has 0 saturated heterocycles. The molecular weight excluding hydrogens is 258 g/mol. The monoisotopic (exact) mass is 281 g/mol. The summed E-state index contributed by atoms with van der Waals surface area (Å²) >= 11 is 0. The number of aryl methyl sites for hydroxylation is 2. The van der Waals surface area contributed by atoms with Gasteiger partial charge in [-0.3, -0.25) is 0 Å². The van der Waals surface area contributed by atoms with Gasteiger partial charge in [-0.05, 0) is 55.5 Å². The highest BCUT2D eigenvalue weighted by Gasteiger charge is 2.24. The Bertz CT molecular complexity index is 618. The number of hydrogen-bond acceptors (Lipinski definition) is 2. The van der Waals surface area contributed by atoms with E-state index >= 15 is 0 Å². The van der Waals surface area contributed by atoms with Crippen molar-refractivity contribution in [3.05, 3.63) is 64.7 Å². The Morgan fingerprint density at radius 3 is 2.62 bits per heavy atom. The summed E-state index contributed by atoms with van der Waals surface area (Å²) in [6.07, 6.45) is 2.32. The number of hydrogen-bond donors (Lipinski definition) is 1. The number of nitrogens with one attached hydrogen (secondary N) is 1. The molecule has 3 rings (SSSR count). The molecule has 1 unspecified atom stereocenters. The lowest BCUT2D eigenvalue weighted by atomic mass is 10.0. The Labute approximate surface area is 127 Å². The van der Waals surface area contributed by atoms with Crippen molar-refractivity contribution in [3.8, 4) is 5.75 Å². The normalized spacial score (nSPS) is 18.3. The second-order valence-electron chi connectivity index (χ2n) is 5.96. The average molecular weight is 281 g/mol. The molecule has 2 aromatic rings. The first-order chi connectivity index (χ1) is 10.2. The number of methoxy groups -OCH3 is 1. The summed E-state index contributed by atoms with van der Waals surface area (Å²) in [6.45, 7) is 4.37. The Morgan fingerprint density at radius 1 is 1.14 bits per heavy atom. The largest absolute Gasteiger partial charge is 0.497 e. The smallest absolute Gasteiger partial charge is 0.119 e. The van der Waals surface area contributed by atoms with Crippen LogP contribution in [0.15, 0.2) is 42.5 Å². The third-order valence-corrected chi connectivity index (χ3v) is 4.46. The fourth-order valence-electron chi connectivity index (χ4n) is 3.13. The van der Waals surface area contributed by atoms with E-state index < -0.39 is 0 Å². The van der Waals surface area contributed by atoms with Gasteiger partial charge in [0.25, 0.3) is 0 Å². The van der Waals surface area contributed by atoms with E-state index in [1.165, 1.54) is 28.7 Å². The molecule has 0 aliphatic heterocycles. The van der Waals surface area contributed by atoms with Gasteiger partial charge in [-0.25, -0.2) is 0 Å². The first-order valence-electron chi connectivity index (χ1n) is 7.67. The van der Waals surface area contributed by atoms with E-state index in [2.05, 4.69) is 61.6 Å². The summed E-state index contributed by atoms with van der Waals surface area (Å²) in [5, 5.41) is 3.77. The predicted molar refractivity (Wildman–Crippen MR) is 86.8 cm³/mol. The number of ether oxygens (including phenoxy) is 1. The Hall–Kier alpha value is -1.80. The summed E-state index contributed by atoms with van der Waals surface area (Å²) in [5.41, 5.74) is 5.50. The first-order valence-corrected chi connectivity index (χ1v) is 7.67. The molecule has 0 amide bonds. The van der Waals surface area contributed by atoms with Crippen LogP contribution < -0.4 is 10.1 Å². The number of fused-ring (bicyclic) bond motifs is 1. The van der Waals surface area contributed by atoms with Crippen LogP contribution in [-0.2, 0) is 6.42 Å². The third kappa shape index (κ3) is 2.96. The van der Waals surface area contributed by atoms with E-state index in [0.29, 0.717) is 12.1 Å². The highest BCUT2D eigenvalue weighted by atomic mass is 16.5. The molecule has 2 atom stereocenters. The van der Waals surface area contributed by atoms with Crippen LogP contribution in [0, 0.1) is 6.92 Å². The fourth-order valence-corrected chi connectivity index (χ4v) is 3.13. The number of rotatable bonds is 4. The quantitative estimate of drug-likeness (QED) is 0.900. The van der Waals surface area contributed by atoms with Crippen LogP contribution in [0.3, 0.4) is 0 Å². The van der Waals surface area contributed by atoms with E-state index in [1.807, 2.05) is 0 Å². The third-order valence-electron chi connectivity index (χ3n) is 4.46. The number of benzene rings is 2. The van der Waals surface area contributed by atoms with Crippen LogP contribution in [0.5, 0.6) is 5.75 Å². The molecule has 1 aliphatic rings. The molecule has 0 bridgehead atoms. The molecule has 2 heteroatoms. The van der Waals surface area contributed by atoms with Crippen LogP contribution in [0.2, 0.25) is 0 Å². The zero-order valence-electron chi connectivity index (χ0n) is 13.0. The van der Waals surface area contributed by atoms with Crippen molar-refractivity contribution in [2.45, 2.75) is 38.8 Å². The second kappa shape index (κ2) is 5.90. The molecule has 1 N–H and O–H groups in total. The van der Waals surface area contributed by atoms with Crippen molar-refractivity contribution in [1.29, 1.82) is 0 Å². The minimum Gasteiger partial charge on any atom is -0.497 e.